The molecule has 24 heavy (non-hydrogen) atoms. The van der Waals surface area contributed by atoms with Gasteiger partial charge in [0.25, 0.3) is 0 Å². The molecule has 2 aromatic carbocycles. The van der Waals surface area contributed by atoms with Gasteiger partial charge in [-0.3, -0.25) is 9.59 Å². The number of azo groups is 1. The van der Waals surface area contributed by atoms with Crippen molar-refractivity contribution in [1.29, 1.82) is 0 Å². The first kappa shape index (κ1) is 15.9. The number of methoxy groups -OCH3 is 1. The Bertz CT molecular complexity index is 757. The van der Waals surface area contributed by atoms with Gasteiger partial charge in [-0.1, -0.05) is 18.2 Å². The van der Waals surface area contributed by atoms with Crippen molar-refractivity contribution in [3.63, 3.8) is 0 Å². The zero-order valence-electron chi connectivity index (χ0n) is 13.3. The molecular weight excluding hydrogens is 306 g/mol. The number of hydrogen-bond donors (Lipinski definition) is 0. The van der Waals surface area contributed by atoms with Crippen LogP contribution in [-0.4, -0.2) is 25.5 Å². The van der Waals surface area contributed by atoms with Gasteiger partial charge in [0, 0.05) is 18.7 Å². The number of carbonyl (C=O) groups excluding carboxylic acids is 2. The van der Waals surface area contributed by atoms with Crippen LogP contribution in [0.5, 0.6) is 0 Å². The summed E-state index contributed by atoms with van der Waals surface area (Å²) in [6.45, 7) is 0.344. The average molecular weight is 323 g/mol. The summed E-state index contributed by atoms with van der Waals surface area (Å²) in [6, 6.07) is 16.6. The molecular formula is C18H17N3O3. The lowest BCUT2D eigenvalue weighted by Gasteiger charge is -2.16. The van der Waals surface area contributed by atoms with E-state index >= 15 is 0 Å². The highest BCUT2D eigenvalue weighted by Crippen LogP contribution is 2.28. The van der Waals surface area contributed by atoms with Crippen LogP contribution in [-0.2, 0) is 14.3 Å². The van der Waals surface area contributed by atoms with Gasteiger partial charge in [-0.2, -0.15) is 10.2 Å². The number of benzene rings is 2. The molecule has 1 aliphatic rings. The summed E-state index contributed by atoms with van der Waals surface area (Å²) in [5, 5.41) is 8.32. The minimum Gasteiger partial charge on any atom is -0.469 e. The van der Waals surface area contributed by atoms with Gasteiger partial charge in [0.15, 0.2) is 0 Å². The van der Waals surface area contributed by atoms with Crippen molar-refractivity contribution in [2.75, 3.05) is 18.6 Å². The van der Waals surface area contributed by atoms with Crippen molar-refractivity contribution in [3.8, 4) is 0 Å². The van der Waals surface area contributed by atoms with Crippen LogP contribution in [0.2, 0.25) is 0 Å². The summed E-state index contributed by atoms with van der Waals surface area (Å²) in [5.41, 5.74) is 2.21. The molecule has 1 unspecified atom stereocenters. The van der Waals surface area contributed by atoms with Gasteiger partial charge in [0.1, 0.15) is 0 Å². The second-order valence-electron chi connectivity index (χ2n) is 5.48. The summed E-state index contributed by atoms with van der Waals surface area (Å²) in [4.78, 5) is 25.3. The second-order valence-corrected chi connectivity index (χ2v) is 5.48. The second kappa shape index (κ2) is 7.04. The molecule has 1 aliphatic heterocycles. The summed E-state index contributed by atoms with van der Waals surface area (Å²) in [7, 11) is 1.34. The van der Waals surface area contributed by atoms with Gasteiger partial charge >= 0.3 is 5.97 Å². The van der Waals surface area contributed by atoms with Crippen LogP contribution in [0.3, 0.4) is 0 Å². The third-order valence-electron chi connectivity index (χ3n) is 3.86. The van der Waals surface area contributed by atoms with Crippen LogP contribution in [0.25, 0.3) is 0 Å². The zero-order chi connectivity index (χ0) is 16.9. The van der Waals surface area contributed by atoms with Crippen LogP contribution >= 0.6 is 0 Å². The Hall–Kier alpha value is -3.02. The summed E-state index contributed by atoms with van der Waals surface area (Å²) in [6.07, 6.45) is 0.183. The molecule has 3 rings (SSSR count). The normalized spacial score (nSPS) is 17.5. The summed E-state index contributed by atoms with van der Waals surface area (Å²) in [5.74, 6) is -0.830. The number of hydrogen-bond acceptors (Lipinski definition) is 5. The molecule has 0 aromatic heterocycles. The lowest BCUT2D eigenvalue weighted by atomic mass is 10.1. The van der Waals surface area contributed by atoms with E-state index in [0.717, 1.165) is 11.4 Å². The van der Waals surface area contributed by atoms with Crippen LogP contribution in [0, 0.1) is 5.92 Å². The van der Waals surface area contributed by atoms with Crippen molar-refractivity contribution < 1.29 is 14.3 Å². The Kier molecular flexibility index (Phi) is 4.65. The quantitative estimate of drug-likeness (QED) is 0.637. The van der Waals surface area contributed by atoms with E-state index in [1.165, 1.54) is 7.11 Å². The number of esters is 1. The van der Waals surface area contributed by atoms with E-state index in [2.05, 4.69) is 10.2 Å². The fourth-order valence-electron chi connectivity index (χ4n) is 2.59. The van der Waals surface area contributed by atoms with Crippen molar-refractivity contribution in [2.24, 2.45) is 16.1 Å². The molecule has 1 atom stereocenters. The Balaban J connectivity index is 1.70. The Morgan fingerprint density at radius 1 is 1.04 bits per heavy atom. The fraction of sp³-hybridized carbons (Fsp3) is 0.222. The van der Waals surface area contributed by atoms with Gasteiger partial charge in [-0.25, -0.2) is 0 Å². The predicted molar refractivity (Wildman–Crippen MR) is 89.5 cm³/mol. The Morgan fingerprint density at radius 3 is 2.29 bits per heavy atom. The monoisotopic (exact) mass is 323 g/mol. The minimum absolute atomic E-state index is 0.0796. The number of nitrogens with zero attached hydrogens (tertiary/aromatic N) is 3. The van der Waals surface area contributed by atoms with Crippen molar-refractivity contribution in [2.45, 2.75) is 6.42 Å². The average Bonchev–Trinajstić information content (AvgIpc) is 3.02. The van der Waals surface area contributed by atoms with Crippen LogP contribution in [0.15, 0.2) is 64.8 Å². The van der Waals surface area contributed by atoms with E-state index in [1.54, 1.807) is 29.2 Å². The topological polar surface area (TPSA) is 71.3 Å². The lowest BCUT2D eigenvalue weighted by molar-refractivity contribution is -0.145. The molecule has 2 aromatic rings. The first-order valence-electron chi connectivity index (χ1n) is 7.62. The molecule has 1 fully saturated rings. The molecule has 0 aliphatic carbocycles. The maximum Gasteiger partial charge on any atom is 0.311 e. The number of amides is 1. The highest BCUT2D eigenvalue weighted by Gasteiger charge is 2.35. The number of carbonyl (C=O) groups is 2. The molecule has 0 radical (unpaired) electrons. The minimum atomic E-state index is -0.403. The van der Waals surface area contributed by atoms with E-state index in [4.69, 9.17) is 4.74 Å². The summed E-state index contributed by atoms with van der Waals surface area (Å²) >= 11 is 0. The number of rotatable bonds is 4. The molecule has 0 spiro atoms. The maximum absolute atomic E-state index is 12.1. The van der Waals surface area contributed by atoms with Crippen LogP contribution in [0.4, 0.5) is 17.1 Å². The third kappa shape index (κ3) is 3.48. The highest BCUT2D eigenvalue weighted by molar-refractivity contribution is 5.99. The molecule has 6 heteroatoms. The maximum atomic E-state index is 12.1. The fourth-order valence-corrected chi connectivity index (χ4v) is 2.59. The summed E-state index contributed by atoms with van der Waals surface area (Å²) < 4.78 is 4.71. The van der Waals surface area contributed by atoms with E-state index in [-0.39, 0.29) is 18.3 Å². The molecule has 1 heterocycles. The Labute approximate surface area is 139 Å². The molecule has 0 saturated carbocycles. The van der Waals surface area contributed by atoms with Crippen LogP contribution < -0.4 is 4.90 Å². The lowest BCUT2D eigenvalue weighted by Crippen LogP contribution is -2.26. The molecule has 6 nitrogen and oxygen atoms in total. The predicted octanol–water partition coefficient (Wildman–Crippen LogP) is 3.63. The van der Waals surface area contributed by atoms with E-state index in [1.807, 2.05) is 30.3 Å². The standard InChI is InChI=1S/C18H17N3O3/c1-24-18(23)13-11-17(22)21(12-13)16-9-7-15(8-10-16)20-19-14-5-3-2-4-6-14/h2-10,13H,11-12H2,1H3. The van der Waals surface area contributed by atoms with Crippen molar-refractivity contribution >= 4 is 28.9 Å². The van der Waals surface area contributed by atoms with Gasteiger partial charge < -0.3 is 9.64 Å². The van der Waals surface area contributed by atoms with Crippen molar-refractivity contribution in [1.82, 2.24) is 0 Å². The number of ether oxygens (including phenoxy) is 1. The SMILES string of the molecule is COC(=O)C1CC(=O)N(c2ccc(N=Nc3ccccc3)cc2)C1. The van der Waals surface area contributed by atoms with Crippen LogP contribution in [0.1, 0.15) is 6.42 Å². The molecule has 1 saturated heterocycles. The molecule has 1 amide bonds. The van der Waals surface area contributed by atoms with Crippen molar-refractivity contribution in [3.05, 3.63) is 54.6 Å². The first-order chi connectivity index (χ1) is 11.7. The molecule has 0 N–H and O–H groups in total. The van der Waals surface area contributed by atoms with Gasteiger partial charge in [0.2, 0.25) is 5.91 Å². The largest absolute Gasteiger partial charge is 0.469 e. The first-order valence-corrected chi connectivity index (χ1v) is 7.62. The van der Waals surface area contributed by atoms with Gasteiger partial charge in [-0.05, 0) is 36.4 Å². The molecule has 122 valence electrons. The van der Waals surface area contributed by atoms with Gasteiger partial charge in [0.05, 0.1) is 24.4 Å². The van der Waals surface area contributed by atoms with E-state index in [9.17, 15) is 9.59 Å². The molecule has 0 bridgehead atoms. The zero-order valence-corrected chi connectivity index (χ0v) is 13.3. The highest BCUT2D eigenvalue weighted by atomic mass is 16.5. The van der Waals surface area contributed by atoms with E-state index in [0.29, 0.717) is 12.2 Å². The third-order valence-corrected chi connectivity index (χ3v) is 3.86. The van der Waals surface area contributed by atoms with E-state index < -0.39 is 5.92 Å². The van der Waals surface area contributed by atoms with Gasteiger partial charge in [-0.15, -0.1) is 0 Å². The smallest absolute Gasteiger partial charge is 0.311 e. The number of anilines is 1. The Morgan fingerprint density at radius 2 is 1.67 bits per heavy atom.